The van der Waals surface area contributed by atoms with Crippen molar-refractivity contribution in [3.8, 4) is 0 Å². The first-order chi connectivity index (χ1) is 13.5. The Morgan fingerprint density at radius 1 is 0.929 bits per heavy atom. The van der Waals surface area contributed by atoms with Crippen LogP contribution in [0.25, 0.3) is 0 Å². The Kier molecular flexibility index (Phi) is 5.51. The molecule has 28 heavy (non-hydrogen) atoms. The highest BCUT2D eigenvalue weighted by molar-refractivity contribution is 7.89. The largest absolute Gasteiger partial charge is 0.349 e. The molecular weight excluding hydrogens is 372 g/mol. The first-order valence-corrected chi connectivity index (χ1v) is 11.4. The molecule has 1 N–H and O–H groups in total. The van der Waals surface area contributed by atoms with Gasteiger partial charge in [-0.05, 0) is 67.9 Å². The van der Waals surface area contributed by atoms with Gasteiger partial charge in [0, 0.05) is 24.7 Å². The molecule has 0 aromatic heterocycles. The molecule has 2 aromatic carbocycles. The molecule has 1 saturated heterocycles. The summed E-state index contributed by atoms with van der Waals surface area (Å²) in [6, 6.07) is 17.0. The van der Waals surface area contributed by atoms with E-state index in [1.54, 1.807) is 28.6 Å². The van der Waals surface area contributed by atoms with Gasteiger partial charge in [0.05, 0.1) is 4.90 Å². The van der Waals surface area contributed by atoms with Crippen molar-refractivity contribution in [1.29, 1.82) is 0 Å². The molecule has 1 heterocycles. The summed E-state index contributed by atoms with van der Waals surface area (Å²) in [5, 5.41) is 2.92. The normalized spacial score (nSPS) is 18.7. The van der Waals surface area contributed by atoms with E-state index in [1.165, 1.54) is 5.56 Å². The van der Waals surface area contributed by atoms with E-state index in [0.717, 1.165) is 32.1 Å². The molecule has 2 aliphatic rings. The molecule has 1 amide bonds. The first-order valence-electron chi connectivity index (χ1n) is 9.97. The van der Waals surface area contributed by atoms with Crippen LogP contribution in [-0.4, -0.2) is 37.8 Å². The van der Waals surface area contributed by atoms with Crippen molar-refractivity contribution >= 4 is 15.9 Å². The Labute approximate surface area is 166 Å². The van der Waals surface area contributed by atoms with Gasteiger partial charge in [-0.2, -0.15) is 4.31 Å². The summed E-state index contributed by atoms with van der Waals surface area (Å²) in [6.07, 6.45) is 4.79. The van der Waals surface area contributed by atoms with E-state index in [9.17, 15) is 13.2 Å². The van der Waals surface area contributed by atoms with Crippen LogP contribution in [0.2, 0.25) is 0 Å². The second kappa shape index (κ2) is 8.05. The highest BCUT2D eigenvalue weighted by atomic mass is 32.2. The standard InChI is InChI=1S/C22H26N2O3S/c25-22(23-20-8-9-20)19-6-10-21(11-7-19)28(26,27)24-14-12-18(13-15-24)16-17-4-2-1-3-5-17/h1-7,10-11,18,20H,8-9,12-16H2,(H,23,25). The van der Waals surface area contributed by atoms with E-state index < -0.39 is 10.0 Å². The monoisotopic (exact) mass is 398 g/mol. The van der Waals surface area contributed by atoms with Gasteiger partial charge in [0.1, 0.15) is 0 Å². The summed E-state index contributed by atoms with van der Waals surface area (Å²) in [6.45, 7) is 1.09. The molecule has 1 saturated carbocycles. The van der Waals surface area contributed by atoms with Gasteiger partial charge in [0.2, 0.25) is 10.0 Å². The summed E-state index contributed by atoms with van der Waals surface area (Å²) in [4.78, 5) is 12.3. The molecule has 1 aliphatic carbocycles. The number of hydrogen-bond acceptors (Lipinski definition) is 3. The summed E-state index contributed by atoms with van der Waals surface area (Å²) in [7, 11) is -3.51. The van der Waals surface area contributed by atoms with Gasteiger partial charge in [-0.1, -0.05) is 30.3 Å². The minimum Gasteiger partial charge on any atom is -0.349 e. The van der Waals surface area contributed by atoms with Gasteiger partial charge < -0.3 is 5.32 Å². The van der Waals surface area contributed by atoms with Crippen molar-refractivity contribution in [3.63, 3.8) is 0 Å². The molecule has 2 fully saturated rings. The zero-order valence-corrected chi connectivity index (χ0v) is 16.7. The predicted molar refractivity (Wildman–Crippen MR) is 109 cm³/mol. The molecule has 0 atom stereocenters. The Morgan fingerprint density at radius 2 is 1.57 bits per heavy atom. The van der Waals surface area contributed by atoms with Crippen LogP contribution in [0.5, 0.6) is 0 Å². The highest BCUT2D eigenvalue weighted by Gasteiger charge is 2.30. The minimum absolute atomic E-state index is 0.131. The SMILES string of the molecule is O=C(NC1CC1)c1ccc(S(=O)(=O)N2CCC(Cc3ccccc3)CC2)cc1. The van der Waals surface area contributed by atoms with Gasteiger partial charge in [-0.25, -0.2) is 8.42 Å². The fourth-order valence-corrected chi connectivity index (χ4v) is 5.19. The van der Waals surface area contributed by atoms with Crippen molar-refractivity contribution < 1.29 is 13.2 Å². The van der Waals surface area contributed by atoms with Crippen molar-refractivity contribution in [1.82, 2.24) is 9.62 Å². The van der Waals surface area contributed by atoms with Crippen LogP contribution in [0, 0.1) is 5.92 Å². The third-order valence-corrected chi connectivity index (χ3v) is 7.52. The van der Waals surface area contributed by atoms with Crippen molar-refractivity contribution in [2.24, 2.45) is 5.92 Å². The molecule has 0 spiro atoms. The quantitative estimate of drug-likeness (QED) is 0.812. The van der Waals surface area contributed by atoms with E-state index >= 15 is 0 Å². The lowest BCUT2D eigenvalue weighted by Gasteiger charge is -2.31. The van der Waals surface area contributed by atoms with Crippen molar-refractivity contribution in [2.45, 2.75) is 43.0 Å². The fraction of sp³-hybridized carbons (Fsp3) is 0.409. The smallest absolute Gasteiger partial charge is 0.251 e. The van der Waals surface area contributed by atoms with Gasteiger partial charge >= 0.3 is 0 Å². The van der Waals surface area contributed by atoms with Crippen molar-refractivity contribution in [3.05, 3.63) is 65.7 Å². The highest BCUT2D eigenvalue weighted by Crippen LogP contribution is 2.26. The van der Waals surface area contributed by atoms with Crippen LogP contribution in [0.3, 0.4) is 0 Å². The van der Waals surface area contributed by atoms with Gasteiger partial charge in [-0.3, -0.25) is 4.79 Å². The molecule has 0 radical (unpaired) electrons. The molecule has 0 unspecified atom stereocenters. The average Bonchev–Trinajstić information content (AvgIpc) is 3.53. The number of carbonyl (C=O) groups excluding carboxylic acids is 1. The number of carbonyl (C=O) groups is 1. The molecule has 1 aliphatic heterocycles. The summed E-state index contributed by atoms with van der Waals surface area (Å²) < 4.78 is 27.5. The van der Waals surface area contributed by atoms with Crippen molar-refractivity contribution in [2.75, 3.05) is 13.1 Å². The number of amides is 1. The molecule has 5 nitrogen and oxygen atoms in total. The molecule has 6 heteroatoms. The number of sulfonamides is 1. The predicted octanol–water partition coefficient (Wildman–Crippen LogP) is 3.22. The van der Waals surface area contributed by atoms with Gasteiger partial charge in [-0.15, -0.1) is 0 Å². The molecule has 148 valence electrons. The summed E-state index contributed by atoms with van der Waals surface area (Å²) >= 11 is 0. The van der Waals surface area contributed by atoms with E-state index in [0.29, 0.717) is 24.6 Å². The summed E-state index contributed by atoms with van der Waals surface area (Å²) in [5.74, 6) is 0.385. The van der Waals surface area contributed by atoms with Crippen LogP contribution < -0.4 is 5.32 Å². The number of rotatable bonds is 6. The molecular formula is C22H26N2O3S. The second-order valence-corrected chi connectivity index (χ2v) is 9.75. The maximum atomic E-state index is 12.9. The average molecular weight is 399 g/mol. The van der Waals surface area contributed by atoms with Crippen LogP contribution in [0.4, 0.5) is 0 Å². The number of nitrogens with one attached hydrogen (secondary N) is 1. The number of benzene rings is 2. The zero-order chi connectivity index (χ0) is 19.6. The topological polar surface area (TPSA) is 66.5 Å². The number of nitrogens with zero attached hydrogens (tertiary/aromatic N) is 1. The van der Waals surface area contributed by atoms with Gasteiger partial charge in [0.15, 0.2) is 0 Å². The molecule has 4 rings (SSSR count). The molecule has 2 aromatic rings. The van der Waals surface area contributed by atoms with E-state index in [2.05, 4.69) is 17.4 Å². The maximum absolute atomic E-state index is 12.9. The Morgan fingerprint density at radius 3 is 2.18 bits per heavy atom. The Balaban J connectivity index is 1.36. The lowest BCUT2D eigenvalue weighted by Crippen LogP contribution is -2.38. The Hall–Kier alpha value is -2.18. The van der Waals surface area contributed by atoms with E-state index in [-0.39, 0.29) is 16.8 Å². The zero-order valence-electron chi connectivity index (χ0n) is 15.9. The van der Waals surface area contributed by atoms with Crippen LogP contribution >= 0.6 is 0 Å². The third kappa shape index (κ3) is 4.45. The fourth-order valence-electron chi connectivity index (χ4n) is 3.72. The van der Waals surface area contributed by atoms with E-state index in [1.807, 2.05) is 18.2 Å². The third-order valence-electron chi connectivity index (χ3n) is 5.61. The Bertz CT molecular complexity index is 914. The second-order valence-electron chi connectivity index (χ2n) is 7.81. The van der Waals surface area contributed by atoms with Crippen LogP contribution in [0.1, 0.15) is 41.6 Å². The van der Waals surface area contributed by atoms with E-state index in [4.69, 9.17) is 0 Å². The molecule has 0 bridgehead atoms. The number of hydrogen-bond donors (Lipinski definition) is 1. The van der Waals surface area contributed by atoms with Crippen LogP contribution in [0.15, 0.2) is 59.5 Å². The minimum atomic E-state index is -3.51. The lowest BCUT2D eigenvalue weighted by molar-refractivity contribution is 0.0951. The van der Waals surface area contributed by atoms with Crippen LogP contribution in [-0.2, 0) is 16.4 Å². The lowest BCUT2D eigenvalue weighted by atomic mass is 9.91. The van der Waals surface area contributed by atoms with Gasteiger partial charge in [0.25, 0.3) is 5.91 Å². The number of piperidine rings is 1. The maximum Gasteiger partial charge on any atom is 0.251 e. The summed E-state index contributed by atoms with van der Waals surface area (Å²) in [5.41, 5.74) is 1.82. The first kappa shape index (κ1) is 19.2.